The first-order valence-corrected chi connectivity index (χ1v) is 6.33. The highest BCUT2D eigenvalue weighted by atomic mass is 16.3. The van der Waals surface area contributed by atoms with Crippen LogP contribution in [0.15, 0.2) is 24.3 Å². The summed E-state index contributed by atoms with van der Waals surface area (Å²) in [6.45, 7) is 0.898. The van der Waals surface area contributed by atoms with Crippen LogP contribution in [-0.2, 0) is 4.79 Å². The Bertz CT molecular complexity index is 422. The van der Waals surface area contributed by atoms with E-state index in [1.54, 1.807) is 12.1 Å². The second-order valence-corrected chi connectivity index (χ2v) is 5.03. The Morgan fingerprint density at radius 1 is 1.18 bits per heavy atom. The molecule has 0 radical (unpaired) electrons. The maximum atomic E-state index is 12.0. The fourth-order valence-corrected chi connectivity index (χ4v) is 2.84. The van der Waals surface area contributed by atoms with Crippen LogP contribution < -0.4 is 0 Å². The van der Waals surface area contributed by atoms with Gasteiger partial charge >= 0.3 is 0 Å². The standard InChI is InChI=1S/C14H17NO2/c16-12-6-4-10(5-7-12)14-13(17)8-9-15(14)11-2-1-3-11/h4-7,11,14,16H,1-3,8-9H2. The van der Waals surface area contributed by atoms with Crippen molar-refractivity contribution in [1.82, 2.24) is 4.90 Å². The molecule has 1 aromatic rings. The number of hydrogen-bond donors (Lipinski definition) is 1. The fraction of sp³-hybridized carbons (Fsp3) is 0.500. The Balaban J connectivity index is 1.87. The monoisotopic (exact) mass is 231 g/mol. The molecule has 2 aliphatic rings. The number of aromatic hydroxyl groups is 1. The zero-order valence-electron chi connectivity index (χ0n) is 9.80. The Hall–Kier alpha value is -1.35. The molecule has 1 aliphatic heterocycles. The largest absolute Gasteiger partial charge is 0.508 e. The molecule has 1 aromatic carbocycles. The van der Waals surface area contributed by atoms with Crippen LogP contribution in [0, 0.1) is 0 Å². The van der Waals surface area contributed by atoms with Gasteiger partial charge in [-0.3, -0.25) is 9.69 Å². The third kappa shape index (κ3) is 1.84. The van der Waals surface area contributed by atoms with E-state index in [4.69, 9.17) is 0 Å². The second-order valence-electron chi connectivity index (χ2n) is 5.03. The lowest BCUT2D eigenvalue weighted by Crippen LogP contribution is -2.40. The molecule has 1 saturated carbocycles. The minimum absolute atomic E-state index is 0.0686. The van der Waals surface area contributed by atoms with Crippen LogP contribution in [0.2, 0.25) is 0 Å². The number of phenols is 1. The van der Waals surface area contributed by atoms with Gasteiger partial charge in [0.25, 0.3) is 0 Å². The SMILES string of the molecule is O=C1CCN(C2CCC2)C1c1ccc(O)cc1. The van der Waals surface area contributed by atoms with Gasteiger partial charge in [0.15, 0.2) is 5.78 Å². The summed E-state index contributed by atoms with van der Waals surface area (Å²) in [5.41, 5.74) is 1.03. The molecule has 1 atom stereocenters. The van der Waals surface area contributed by atoms with Gasteiger partial charge in [-0.1, -0.05) is 18.6 Å². The number of Topliss-reactive ketones (excluding diaryl/α,β-unsaturated/α-hetero) is 1. The maximum absolute atomic E-state index is 12.0. The van der Waals surface area contributed by atoms with Gasteiger partial charge in [0.2, 0.25) is 0 Å². The van der Waals surface area contributed by atoms with E-state index < -0.39 is 0 Å². The van der Waals surface area contributed by atoms with Gasteiger partial charge in [0, 0.05) is 19.0 Å². The third-order valence-electron chi connectivity index (χ3n) is 4.01. The van der Waals surface area contributed by atoms with Crippen molar-refractivity contribution in [3.05, 3.63) is 29.8 Å². The minimum Gasteiger partial charge on any atom is -0.508 e. The molecule has 0 amide bonds. The summed E-state index contributed by atoms with van der Waals surface area (Å²) < 4.78 is 0. The Labute approximate surface area is 101 Å². The lowest BCUT2D eigenvalue weighted by Gasteiger charge is -2.38. The van der Waals surface area contributed by atoms with E-state index in [1.807, 2.05) is 12.1 Å². The molecule has 90 valence electrons. The Kier molecular flexibility index (Phi) is 2.63. The molecule has 2 fully saturated rings. The number of benzene rings is 1. The highest BCUT2D eigenvalue weighted by molar-refractivity contribution is 5.87. The van der Waals surface area contributed by atoms with Crippen molar-refractivity contribution < 1.29 is 9.90 Å². The summed E-state index contributed by atoms with van der Waals surface area (Å²) in [6.07, 6.45) is 4.41. The number of phenolic OH excluding ortho intramolecular Hbond substituents is 1. The molecule has 1 N–H and O–H groups in total. The average molecular weight is 231 g/mol. The number of carbonyl (C=O) groups is 1. The molecular weight excluding hydrogens is 214 g/mol. The predicted octanol–water partition coefficient (Wildman–Crippen LogP) is 2.26. The molecule has 1 unspecified atom stereocenters. The number of hydrogen-bond acceptors (Lipinski definition) is 3. The van der Waals surface area contributed by atoms with Gasteiger partial charge in [-0.05, 0) is 30.5 Å². The van der Waals surface area contributed by atoms with Crippen molar-refractivity contribution in [1.29, 1.82) is 0 Å². The molecule has 3 nitrogen and oxygen atoms in total. The van der Waals surface area contributed by atoms with Crippen LogP contribution in [0.5, 0.6) is 5.75 Å². The van der Waals surface area contributed by atoms with Gasteiger partial charge < -0.3 is 5.11 Å². The Morgan fingerprint density at radius 2 is 1.88 bits per heavy atom. The fourth-order valence-electron chi connectivity index (χ4n) is 2.84. The van der Waals surface area contributed by atoms with Crippen LogP contribution in [0.25, 0.3) is 0 Å². The Morgan fingerprint density at radius 3 is 2.47 bits per heavy atom. The number of ketones is 1. The normalized spacial score (nSPS) is 26.1. The number of likely N-dealkylation sites (tertiary alicyclic amines) is 1. The first-order chi connectivity index (χ1) is 8.25. The van der Waals surface area contributed by atoms with E-state index >= 15 is 0 Å². The van der Waals surface area contributed by atoms with Gasteiger partial charge in [0.1, 0.15) is 5.75 Å². The first-order valence-electron chi connectivity index (χ1n) is 6.33. The van der Waals surface area contributed by atoms with E-state index in [1.165, 1.54) is 19.3 Å². The quantitative estimate of drug-likeness (QED) is 0.848. The molecule has 3 heteroatoms. The summed E-state index contributed by atoms with van der Waals surface area (Å²) in [7, 11) is 0. The van der Waals surface area contributed by atoms with E-state index in [0.29, 0.717) is 18.2 Å². The van der Waals surface area contributed by atoms with Crippen LogP contribution in [-0.4, -0.2) is 28.4 Å². The number of carbonyl (C=O) groups excluding carboxylic acids is 1. The van der Waals surface area contributed by atoms with Crippen LogP contribution >= 0.6 is 0 Å². The minimum atomic E-state index is -0.0686. The highest BCUT2D eigenvalue weighted by Gasteiger charge is 2.39. The summed E-state index contributed by atoms with van der Waals surface area (Å²) in [5, 5.41) is 9.30. The molecule has 1 saturated heterocycles. The zero-order chi connectivity index (χ0) is 11.8. The molecule has 17 heavy (non-hydrogen) atoms. The maximum Gasteiger partial charge on any atom is 0.155 e. The van der Waals surface area contributed by atoms with Gasteiger partial charge in [-0.2, -0.15) is 0 Å². The number of nitrogens with zero attached hydrogens (tertiary/aromatic N) is 1. The van der Waals surface area contributed by atoms with Crippen LogP contribution in [0.4, 0.5) is 0 Å². The number of rotatable bonds is 2. The van der Waals surface area contributed by atoms with Crippen molar-refractivity contribution in [3.8, 4) is 5.75 Å². The molecule has 0 aromatic heterocycles. The van der Waals surface area contributed by atoms with Gasteiger partial charge in [-0.15, -0.1) is 0 Å². The lowest BCUT2D eigenvalue weighted by molar-refractivity contribution is -0.120. The van der Waals surface area contributed by atoms with Crippen molar-refractivity contribution in [3.63, 3.8) is 0 Å². The highest BCUT2D eigenvalue weighted by Crippen LogP contribution is 2.37. The molecule has 1 aliphatic carbocycles. The second kappa shape index (κ2) is 4.15. The van der Waals surface area contributed by atoms with Crippen molar-refractivity contribution >= 4 is 5.78 Å². The summed E-state index contributed by atoms with van der Waals surface area (Å²) in [6, 6.07) is 7.60. The van der Waals surface area contributed by atoms with Crippen LogP contribution in [0.3, 0.4) is 0 Å². The third-order valence-corrected chi connectivity index (χ3v) is 4.01. The first kappa shape index (κ1) is 10.8. The molecule has 0 spiro atoms. The van der Waals surface area contributed by atoms with Crippen molar-refractivity contribution in [2.24, 2.45) is 0 Å². The molecule has 3 rings (SSSR count). The van der Waals surface area contributed by atoms with E-state index in [-0.39, 0.29) is 11.8 Å². The van der Waals surface area contributed by atoms with Gasteiger partial charge in [-0.25, -0.2) is 0 Å². The van der Waals surface area contributed by atoms with E-state index in [2.05, 4.69) is 4.90 Å². The topological polar surface area (TPSA) is 40.5 Å². The molecular formula is C14H17NO2. The van der Waals surface area contributed by atoms with Crippen molar-refractivity contribution in [2.75, 3.05) is 6.54 Å². The predicted molar refractivity (Wildman–Crippen MR) is 64.8 cm³/mol. The van der Waals surface area contributed by atoms with Crippen LogP contribution in [0.1, 0.15) is 37.3 Å². The average Bonchev–Trinajstić information content (AvgIpc) is 2.60. The van der Waals surface area contributed by atoms with Crippen molar-refractivity contribution in [2.45, 2.75) is 37.8 Å². The van der Waals surface area contributed by atoms with Gasteiger partial charge in [0.05, 0.1) is 6.04 Å². The zero-order valence-corrected chi connectivity index (χ0v) is 9.80. The molecule has 1 heterocycles. The lowest BCUT2D eigenvalue weighted by atomic mass is 9.90. The summed E-state index contributed by atoms with van der Waals surface area (Å²) in [5.74, 6) is 0.581. The summed E-state index contributed by atoms with van der Waals surface area (Å²) in [4.78, 5) is 14.4. The smallest absolute Gasteiger partial charge is 0.155 e. The van der Waals surface area contributed by atoms with E-state index in [0.717, 1.165) is 12.1 Å². The summed E-state index contributed by atoms with van der Waals surface area (Å²) >= 11 is 0. The molecule has 0 bridgehead atoms. The van der Waals surface area contributed by atoms with E-state index in [9.17, 15) is 9.90 Å².